The van der Waals surface area contributed by atoms with E-state index >= 15 is 0 Å². The topological polar surface area (TPSA) is 29.5 Å². The van der Waals surface area contributed by atoms with E-state index in [4.69, 9.17) is 17.0 Å². The highest BCUT2D eigenvalue weighted by Crippen LogP contribution is 2.36. The monoisotopic (exact) mass is 453 g/mol. The first kappa shape index (κ1) is 20.5. The summed E-state index contributed by atoms with van der Waals surface area (Å²) in [5.74, 6) is 0.689. The molecule has 0 atom stereocenters. The first-order chi connectivity index (χ1) is 15.7. The van der Waals surface area contributed by atoms with E-state index in [1.54, 1.807) is 4.90 Å². The lowest BCUT2D eigenvalue weighted by Gasteiger charge is -2.13. The molecule has 5 heteroatoms. The third-order valence-electron chi connectivity index (χ3n) is 5.26. The number of hydrogen-bond acceptors (Lipinski definition) is 4. The summed E-state index contributed by atoms with van der Waals surface area (Å²) < 4.78 is 6.56. The summed E-state index contributed by atoms with van der Waals surface area (Å²) in [5, 5.41) is 2.41. The molecule has 4 aromatic carbocycles. The number of thiocarbonyl (C=S) groups is 1. The summed E-state index contributed by atoms with van der Waals surface area (Å²) in [5.41, 5.74) is 2.86. The fourth-order valence-electron chi connectivity index (χ4n) is 3.66. The van der Waals surface area contributed by atoms with Crippen LogP contribution in [0.25, 0.3) is 16.8 Å². The molecule has 0 bridgehead atoms. The smallest absolute Gasteiger partial charge is 0.270 e. The lowest BCUT2D eigenvalue weighted by atomic mass is 10.1. The second-order valence-corrected chi connectivity index (χ2v) is 9.02. The number of fused-ring (bicyclic) bond motifs is 1. The van der Waals surface area contributed by atoms with E-state index in [-0.39, 0.29) is 5.91 Å². The number of benzene rings is 4. The molecule has 0 unspecified atom stereocenters. The summed E-state index contributed by atoms with van der Waals surface area (Å²) in [6.07, 6.45) is 1.87. The van der Waals surface area contributed by atoms with E-state index in [2.05, 4.69) is 30.3 Å². The van der Waals surface area contributed by atoms with E-state index in [1.807, 2.05) is 72.8 Å². The Hall–Kier alpha value is -3.41. The Labute approximate surface area is 196 Å². The van der Waals surface area contributed by atoms with Crippen molar-refractivity contribution in [3.63, 3.8) is 0 Å². The molecule has 32 heavy (non-hydrogen) atoms. The van der Waals surface area contributed by atoms with Crippen molar-refractivity contribution in [1.82, 2.24) is 0 Å². The van der Waals surface area contributed by atoms with Gasteiger partial charge in [0.1, 0.15) is 12.4 Å². The number of amides is 1. The van der Waals surface area contributed by atoms with E-state index in [0.717, 1.165) is 22.6 Å². The highest BCUT2D eigenvalue weighted by molar-refractivity contribution is 8.27. The zero-order valence-corrected chi connectivity index (χ0v) is 18.7. The van der Waals surface area contributed by atoms with Gasteiger partial charge < -0.3 is 4.74 Å². The molecule has 0 aliphatic carbocycles. The number of rotatable bonds is 5. The maximum absolute atomic E-state index is 12.9. The lowest BCUT2D eigenvalue weighted by Crippen LogP contribution is -2.27. The van der Waals surface area contributed by atoms with Gasteiger partial charge in [0.15, 0.2) is 4.32 Å². The largest absolute Gasteiger partial charge is 0.489 e. The molecule has 1 saturated heterocycles. The number of nitrogens with zero attached hydrogens (tertiary/aromatic N) is 1. The first-order valence-electron chi connectivity index (χ1n) is 10.2. The van der Waals surface area contributed by atoms with Crippen LogP contribution < -0.4 is 9.64 Å². The van der Waals surface area contributed by atoms with Crippen molar-refractivity contribution in [3.8, 4) is 5.75 Å². The molecule has 3 nitrogen and oxygen atoms in total. The van der Waals surface area contributed by atoms with Crippen molar-refractivity contribution in [2.75, 3.05) is 4.90 Å². The molecule has 1 fully saturated rings. The van der Waals surface area contributed by atoms with E-state index in [0.29, 0.717) is 15.8 Å². The molecule has 1 aliphatic heterocycles. The molecule has 5 rings (SSSR count). The zero-order chi connectivity index (χ0) is 21.9. The fourth-order valence-corrected chi connectivity index (χ4v) is 4.96. The molecular weight excluding hydrogens is 434 g/mol. The summed E-state index contributed by atoms with van der Waals surface area (Å²) in [7, 11) is 0. The number of anilines is 1. The molecular formula is C27H19NO2S2. The summed E-state index contributed by atoms with van der Waals surface area (Å²) in [4.78, 5) is 15.1. The Morgan fingerprint density at radius 1 is 0.844 bits per heavy atom. The molecule has 1 aliphatic rings. The quantitative estimate of drug-likeness (QED) is 0.245. The lowest BCUT2D eigenvalue weighted by molar-refractivity contribution is -0.113. The highest BCUT2D eigenvalue weighted by Gasteiger charge is 2.33. The third-order valence-corrected chi connectivity index (χ3v) is 6.56. The van der Waals surface area contributed by atoms with Crippen molar-refractivity contribution in [2.45, 2.75) is 6.61 Å². The first-order valence-corrected chi connectivity index (χ1v) is 11.4. The predicted octanol–water partition coefficient (Wildman–Crippen LogP) is 6.82. The molecule has 4 aromatic rings. The van der Waals surface area contributed by atoms with Gasteiger partial charge in [0.25, 0.3) is 5.91 Å². The van der Waals surface area contributed by atoms with Gasteiger partial charge in [-0.3, -0.25) is 9.69 Å². The number of hydrogen-bond donors (Lipinski definition) is 0. The van der Waals surface area contributed by atoms with Crippen LogP contribution in [0.3, 0.4) is 0 Å². The van der Waals surface area contributed by atoms with Crippen LogP contribution in [-0.2, 0) is 11.4 Å². The summed E-state index contributed by atoms with van der Waals surface area (Å²) in [6, 6.07) is 31.8. The van der Waals surface area contributed by atoms with Crippen molar-refractivity contribution in [1.29, 1.82) is 0 Å². The van der Waals surface area contributed by atoms with Crippen LogP contribution in [0.1, 0.15) is 11.1 Å². The Bertz CT molecular complexity index is 1330. The Balaban J connectivity index is 1.29. The van der Waals surface area contributed by atoms with Gasteiger partial charge in [-0.15, -0.1) is 0 Å². The zero-order valence-electron chi connectivity index (χ0n) is 17.1. The van der Waals surface area contributed by atoms with Gasteiger partial charge in [-0.05, 0) is 52.2 Å². The van der Waals surface area contributed by atoms with E-state index in [1.165, 1.54) is 22.5 Å². The minimum absolute atomic E-state index is 0.0949. The number of carbonyl (C=O) groups excluding carboxylic acids is 1. The van der Waals surface area contributed by atoms with Crippen LogP contribution >= 0.6 is 24.0 Å². The molecule has 0 saturated carbocycles. The highest BCUT2D eigenvalue weighted by atomic mass is 32.2. The molecule has 1 amide bonds. The van der Waals surface area contributed by atoms with Crippen LogP contribution in [-0.4, -0.2) is 10.2 Å². The Kier molecular flexibility index (Phi) is 5.75. The van der Waals surface area contributed by atoms with Gasteiger partial charge in [0.05, 0.1) is 10.6 Å². The van der Waals surface area contributed by atoms with Gasteiger partial charge in [-0.2, -0.15) is 0 Å². The van der Waals surface area contributed by atoms with Crippen LogP contribution in [0.2, 0.25) is 0 Å². The number of thioether (sulfide) groups is 1. The van der Waals surface area contributed by atoms with Gasteiger partial charge in [-0.1, -0.05) is 96.8 Å². The van der Waals surface area contributed by atoms with Crippen molar-refractivity contribution >= 4 is 56.7 Å². The molecule has 156 valence electrons. The number of ether oxygens (including phenoxy) is 1. The van der Waals surface area contributed by atoms with Gasteiger partial charge in [0.2, 0.25) is 0 Å². The second-order valence-electron chi connectivity index (χ2n) is 7.35. The van der Waals surface area contributed by atoms with Crippen molar-refractivity contribution in [3.05, 3.63) is 113 Å². The molecule has 1 heterocycles. The van der Waals surface area contributed by atoms with Crippen LogP contribution in [0.4, 0.5) is 5.69 Å². The maximum Gasteiger partial charge on any atom is 0.270 e. The predicted molar refractivity (Wildman–Crippen MR) is 137 cm³/mol. The minimum Gasteiger partial charge on any atom is -0.489 e. The van der Waals surface area contributed by atoms with E-state index < -0.39 is 0 Å². The number of para-hydroxylation sites is 1. The SMILES string of the molecule is O=C1/C(=C/c2ccc(OCc3cccc4ccccc34)cc2)SC(=S)N1c1ccccc1. The average molecular weight is 454 g/mol. The van der Waals surface area contributed by atoms with Crippen LogP contribution in [0.15, 0.2) is 102 Å². The summed E-state index contributed by atoms with van der Waals surface area (Å²) >= 11 is 6.76. The molecule has 0 N–H and O–H groups in total. The van der Waals surface area contributed by atoms with E-state index in [9.17, 15) is 4.79 Å². The molecule has 0 radical (unpaired) electrons. The number of carbonyl (C=O) groups is 1. The average Bonchev–Trinajstić information content (AvgIpc) is 3.11. The Morgan fingerprint density at radius 2 is 1.56 bits per heavy atom. The normalized spacial score (nSPS) is 15.0. The molecule has 0 aromatic heterocycles. The maximum atomic E-state index is 12.9. The molecule has 0 spiro atoms. The second kappa shape index (κ2) is 8.99. The van der Waals surface area contributed by atoms with Crippen LogP contribution in [0.5, 0.6) is 5.75 Å². The van der Waals surface area contributed by atoms with Crippen LogP contribution in [0, 0.1) is 0 Å². The van der Waals surface area contributed by atoms with Crippen molar-refractivity contribution in [2.24, 2.45) is 0 Å². The fraction of sp³-hybridized carbons (Fsp3) is 0.0370. The van der Waals surface area contributed by atoms with Gasteiger partial charge in [-0.25, -0.2) is 0 Å². The standard InChI is InChI=1S/C27H19NO2S2/c29-26-25(32-27(31)28(26)22-10-2-1-3-11-22)17-19-13-15-23(16-14-19)30-18-21-9-6-8-20-7-4-5-12-24(20)21/h1-17H,18H2/b25-17-. The third kappa shape index (κ3) is 4.17. The summed E-state index contributed by atoms with van der Waals surface area (Å²) in [6.45, 7) is 0.496. The van der Waals surface area contributed by atoms with Crippen molar-refractivity contribution < 1.29 is 9.53 Å². The van der Waals surface area contributed by atoms with Gasteiger partial charge >= 0.3 is 0 Å². The Morgan fingerprint density at radius 3 is 2.38 bits per heavy atom. The minimum atomic E-state index is -0.0949. The van der Waals surface area contributed by atoms with Gasteiger partial charge in [0, 0.05) is 0 Å².